The van der Waals surface area contributed by atoms with Crippen LogP contribution >= 0.6 is 0 Å². The Labute approximate surface area is 88.7 Å². The molecule has 3 heteroatoms. The Kier molecular flexibility index (Phi) is 3.03. The van der Waals surface area contributed by atoms with Crippen LogP contribution in [0.15, 0.2) is 30.3 Å². The van der Waals surface area contributed by atoms with E-state index in [9.17, 15) is 9.50 Å². The molecule has 0 amide bonds. The average Bonchev–Trinajstić information content (AvgIpc) is 2.28. The monoisotopic (exact) mass is 210 g/mol. The zero-order valence-corrected chi connectivity index (χ0v) is 8.53. The fourth-order valence-corrected chi connectivity index (χ4v) is 1.67. The van der Waals surface area contributed by atoms with Gasteiger partial charge in [0.1, 0.15) is 0 Å². The molecule has 2 rings (SSSR count). The highest BCUT2D eigenvalue weighted by Gasteiger charge is 2.46. The molecule has 1 fully saturated rings. The van der Waals surface area contributed by atoms with Crippen LogP contribution in [-0.2, 0) is 11.3 Å². The predicted octanol–water partition coefficient (Wildman–Crippen LogP) is 2.07. The lowest BCUT2D eigenvalue weighted by Gasteiger charge is -2.39. The van der Waals surface area contributed by atoms with E-state index in [0.29, 0.717) is 19.4 Å². The highest BCUT2D eigenvalue weighted by atomic mass is 19.1. The molecule has 2 unspecified atom stereocenters. The normalized spacial score (nSPS) is 29.9. The lowest BCUT2D eigenvalue weighted by molar-refractivity contribution is -0.131. The standard InChI is InChI=1S/C12H15FO2/c13-12(7-6-11(12)14)9-15-8-10-4-2-1-3-5-10/h1-5,11,14H,6-9H2. The van der Waals surface area contributed by atoms with Crippen LogP contribution in [0.1, 0.15) is 18.4 Å². The van der Waals surface area contributed by atoms with Crippen LogP contribution in [-0.4, -0.2) is 23.5 Å². The molecule has 0 saturated heterocycles. The van der Waals surface area contributed by atoms with Gasteiger partial charge in [0.05, 0.1) is 19.3 Å². The third-order valence-corrected chi connectivity index (χ3v) is 2.88. The molecule has 0 bridgehead atoms. The van der Waals surface area contributed by atoms with E-state index >= 15 is 0 Å². The molecule has 0 radical (unpaired) electrons. The van der Waals surface area contributed by atoms with Gasteiger partial charge < -0.3 is 9.84 Å². The third-order valence-electron chi connectivity index (χ3n) is 2.88. The first kappa shape index (κ1) is 10.6. The summed E-state index contributed by atoms with van der Waals surface area (Å²) in [6, 6.07) is 9.63. The van der Waals surface area contributed by atoms with Crippen LogP contribution in [0, 0.1) is 0 Å². The number of aliphatic hydroxyl groups is 1. The minimum atomic E-state index is -1.51. The van der Waals surface area contributed by atoms with Gasteiger partial charge in [-0.05, 0) is 18.4 Å². The molecule has 1 aromatic carbocycles. The number of aliphatic hydroxyl groups excluding tert-OH is 1. The molecule has 0 aromatic heterocycles. The van der Waals surface area contributed by atoms with Crippen LogP contribution in [0.4, 0.5) is 4.39 Å². The summed E-state index contributed by atoms with van der Waals surface area (Å²) in [6.07, 6.45) is 0.113. The zero-order chi connectivity index (χ0) is 10.7. The summed E-state index contributed by atoms with van der Waals surface area (Å²) in [5.74, 6) is 0. The molecule has 1 N–H and O–H groups in total. The third kappa shape index (κ3) is 2.36. The summed E-state index contributed by atoms with van der Waals surface area (Å²) in [5.41, 5.74) is -0.482. The predicted molar refractivity (Wildman–Crippen MR) is 55.2 cm³/mol. The molecule has 2 nitrogen and oxygen atoms in total. The van der Waals surface area contributed by atoms with Crippen molar-refractivity contribution in [1.82, 2.24) is 0 Å². The second-order valence-corrected chi connectivity index (χ2v) is 4.07. The van der Waals surface area contributed by atoms with Crippen LogP contribution in [0.25, 0.3) is 0 Å². The van der Waals surface area contributed by atoms with Crippen LogP contribution in [0.5, 0.6) is 0 Å². The zero-order valence-electron chi connectivity index (χ0n) is 8.53. The highest BCUT2D eigenvalue weighted by Crippen LogP contribution is 2.36. The van der Waals surface area contributed by atoms with Crippen molar-refractivity contribution in [2.45, 2.75) is 31.2 Å². The summed E-state index contributed by atoms with van der Waals surface area (Å²) in [4.78, 5) is 0. The maximum absolute atomic E-state index is 13.6. The van der Waals surface area contributed by atoms with E-state index in [1.54, 1.807) is 0 Å². The average molecular weight is 210 g/mol. The number of benzene rings is 1. The molecule has 1 saturated carbocycles. The van der Waals surface area contributed by atoms with E-state index in [-0.39, 0.29) is 6.61 Å². The molecule has 2 atom stereocenters. The number of halogens is 1. The summed E-state index contributed by atoms with van der Waals surface area (Å²) in [5, 5.41) is 9.21. The quantitative estimate of drug-likeness (QED) is 0.824. The minimum absolute atomic E-state index is 0.0109. The van der Waals surface area contributed by atoms with Gasteiger partial charge in [0, 0.05) is 0 Å². The van der Waals surface area contributed by atoms with E-state index in [4.69, 9.17) is 4.74 Å². The molecule has 0 aliphatic heterocycles. The van der Waals surface area contributed by atoms with Crippen LogP contribution in [0.2, 0.25) is 0 Å². The van der Waals surface area contributed by atoms with E-state index < -0.39 is 11.8 Å². The summed E-state index contributed by atoms with van der Waals surface area (Å²) >= 11 is 0. The largest absolute Gasteiger partial charge is 0.390 e. The van der Waals surface area contributed by atoms with Crippen molar-refractivity contribution in [3.05, 3.63) is 35.9 Å². The molecule has 1 aliphatic rings. The van der Waals surface area contributed by atoms with Crippen molar-refractivity contribution >= 4 is 0 Å². The maximum Gasteiger partial charge on any atom is 0.159 e. The van der Waals surface area contributed by atoms with Crippen LogP contribution in [0.3, 0.4) is 0 Å². The van der Waals surface area contributed by atoms with Crippen molar-refractivity contribution < 1.29 is 14.2 Å². The Morgan fingerprint density at radius 3 is 2.67 bits per heavy atom. The Balaban J connectivity index is 1.76. The fraction of sp³-hybridized carbons (Fsp3) is 0.500. The Bertz CT molecular complexity index is 315. The van der Waals surface area contributed by atoms with Gasteiger partial charge in [-0.2, -0.15) is 0 Å². The first-order valence-electron chi connectivity index (χ1n) is 5.19. The van der Waals surface area contributed by atoms with Gasteiger partial charge in [0.15, 0.2) is 5.67 Å². The second-order valence-electron chi connectivity index (χ2n) is 4.07. The topological polar surface area (TPSA) is 29.5 Å². The van der Waals surface area contributed by atoms with Gasteiger partial charge in [0.2, 0.25) is 0 Å². The molecular formula is C12H15FO2. The fourth-order valence-electron chi connectivity index (χ4n) is 1.67. The van der Waals surface area contributed by atoms with Crippen molar-refractivity contribution in [3.8, 4) is 0 Å². The Morgan fingerprint density at radius 2 is 2.13 bits per heavy atom. The Hall–Kier alpha value is -0.930. The van der Waals surface area contributed by atoms with Crippen molar-refractivity contribution in [2.75, 3.05) is 6.61 Å². The molecule has 0 heterocycles. The number of alkyl halides is 1. The van der Waals surface area contributed by atoms with Gasteiger partial charge in [-0.25, -0.2) is 4.39 Å². The first-order chi connectivity index (χ1) is 7.21. The number of hydrogen-bond donors (Lipinski definition) is 1. The maximum atomic E-state index is 13.6. The van der Waals surface area contributed by atoms with Crippen molar-refractivity contribution in [3.63, 3.8) is 0 Å². The number of ether oxygens (including phenoxy) is 1. The lowest BCUT2D eigenvalue weighted by atomic mass is 9.79. The number of hydrogen-bond acceptors (Lipinski definition) is 2. The van der Waals surface area contributed by atoms with E-state index in [2.05, 4.69) is 0 Å². The van der Waals surface area contributed by atoms with Gasteiger partial charge in [0.25, 0.3) is 0 Å². The Morgan fingerprint density at radius 1 is 1.40 bits per heavy atom. The molecule has 82 valence electrons. The van der Waals surface area contributed by atoms with E-state index in [0.717, 1.165) is 5.56 Å². The second kappa shape index (κ2) is 4.29. The van der Waals surface area contributed by atoms with Crippen molar-refractivity contribution in [1.29, 1.82) is 0 Å². The van der Waals surface area contributed by atoms with Gasteiger partial charge >= 0.3 is 0 Å². The molecular weight excluding hydrogens is 195 g/mol. The number of rotatable bonds is 4. The molecule has 1 aromatic rings. The minimum Gasteiger partial charge on any atom is -0.390 e. The van der Waals surface area contributed by atoms with Crippen molar-refractivity contribution in [2.24, 2.45) is 0 Å². The highest BCUT2D eigenvalue weighted by molar-refractivity contribution is 5.13. The first-order valence-corrected chi connectivity index (χ1v) is 5.19. The van der Waals surface area contributed by atoms with Crippen LogP contribution < -0.4 is 0 Å². The van der Waals surface area contributed by atoms with Gasteiger partial charge in [-0.15, -0.1) is 0 Å². The molecule has 15 heavy (non-hydrogen) atoms. The SMILES string of the molecule is OC1CCC1(F)COCc1ccccc1. The van der Waals surface area contributed by atoms with Gasteiger partial charge in [-0.1, -0.05) is 30.3 Å². The summed E-state index contributed by atoms with van der Waals surface area (Å²) < 4.78 is 18.9. The van der Waals surface area contributed by atoms with E-state index in [1.807, 2.05) is 30.3 Å². The summed E-state index contributed by atoms with van der Waals surface area (Å²) in [7, 11) is 0. The van der Waals surface area contributed by atoms with E-state index in [1.165, 1.54) is 0 Å². The smallest absolute Gasteiger partial charge is 0.159 e. The molecule has 1 aliphatic carbocycles. The summed E-state index contributed by atoms with van der Waals surface area (Å²) in [6.45, 7) is 0.391. The lowest BCUT2D eigenvalue weighted by Crippen LogP contribution is -2.51. The molecule has 0 spiro atoms. The van der Waals surface area contributed by atoms with Gasteiger partial charge in [-0.3, -0.25) is 0 Å².